The molecular weight excluding hydrogens is 324 g/mol. The lowest BCUT2D eigenvalue weighted by atomic mass is 10.1. The summed E-state index contributed by atoms with van der Waals surface area (Å²) in [4.78, 5) is 17.0. The number of hydrogen-bond acceptors (Lipinski definition) is 2. The number of halogens is 4. The van der Waals surface area contributed by atoms with E-state index < -0.39 is 36.3 Å². The van der Waals surface area contributed by atoms with E-state index in [-0.39, 0.29) is 5.82 Å². The third-order valence-corrected chi connectivity index (χ3v) is 3.94. The van der Waals surface area contributed by atoms with Crippen LogP contribution in [-0.2, 0) is 4.79 Å². The Balaban J connectivity index is 1.82. The molecule has 0 radical (unpaired) electrons. The first kappa shape index (κ1) is 16.4. The van der Waals surface area contributed by atoms with Crippen LogP contribution >= 0.6 is 0 Å². The Labute approximate surface area is 135 Å². The van der Waals surface area contributed by atoms with Gasteiger partial charge in [-0.25, -0.2) is 9.37 Å². The molecule has 1 aromatic heterocycles. The zero-order valence-corrected chi connectivity index (χ0v) is 12.5. The van der Waals surface area contributed by atoms with E-state index in [0.29, 0.717) is 16.9 Å². The van der Waals surface area contributed by atoms with Crippen molar-refractivity contribution >= 4 is 11.7 Å². The lowest BCUT2D eigenvalue weighted by Crippen LogP contribution is -2.40. The van der Waals surface area contributed by atoms with Gasteiger partial charge in [0.05, 0.1) is 0 Å². The summed E-state index contributed by atoms with van der Waals surface area (Å²) < 4.78 is 52.3. The molecule has 0 unspecified atom stereocenters. The van der Waals surface area contributed by atoms with E-state index in [2.05, 4.69) is 4.98 Å². The number of hydrogen-bond donors (Lipinski definition) is 0. The van der Waals surface area contributed by atoms with Crippen LogP contribution in [0.2, 0.25) is 0 Å². The molecule has 126 valence electrons. The van der Waals surface area contributed by atoms with Gasteiger partial charge in [-0.1, -0.05) is 24.3 Å². The van der Waals surface area contributed by atoms with Crippen LogP contribution in [0, 0.1) is 11.7 Å². The van der Waals surface area contributed by atoms with E-state index in [0.717, 1.165) is 0 Å². The standard InChI is InChI=1S/C17H14F4N2O/c18-14-6-2-1-5-11(14)12-9-13(12)16(24)23(10-17(19,20)21)15-7-3-4-8-22-15/h1-8,12-13H,9-10H2/t12-,13-/m0/s1. The monoisotopic (exact) mass is 338 g/mol. The van der Waals surface area contributed by atoms with Crippen LogP contribution in [0.3, 0.4) is 0 Å². The second kappa shape index (κ2) is 6.22. The van der Waals surface area contributed by atoms with Gasteiger partial charge in [0.2, 0.25) is 5.91 Å². The number of benzene rings is 1. The minimum absolute atomic E-state index is 0.0565. The van der Waals surface area contributed by atoms with Crippen molar-refractivity contribution in [2.45, 2.75) is 18.5 Å². The summed E-state index contributed by atoms with van der Waals surface area (Å²) in [6, 6.07) is 10.4. The molecule has 3 rings (SSSR count). The summed E-state index contributed by atoms with van der Waals surface area (Å²) in [6.45, 7) is -1.41. The van der Waals surface area contributed by atoms with E-state index >= 15 is 0 Å². The van der Waals surface area contributed by atoms with E-state index in [1.165, 1.54) is 30.5 Å². The molecular formula is C17H14F4N2O. The average molecular weight is 338 g/mol. The molecule has 2 aromatic rings. The molecule has 3 nitrogen and oxygen atoms in total. The highest BCUT2D eigenvalue weighted by molar-refractivity contribution is 5.96. The maximum atomic E-state index is 13.8. The normalized spacial score (nSPS) is 19.8. The molecule has 0 N–H and O–H groups in total. The zero-order chi connectivity index (χ0) is 17.3. The number of anilines is 1. The summed E-state index contributed by atoms with van der Waals surface area (Å²) in [5.74, 6) is -2.24. The lowest BCUT2D eigenvalue weighted by Gasteiger charge is -2.23. The first-order chi connectivity index (χ1) is 11.4. The van der Waals surface area contributed by atoms with Gasteiger partial charge in [0, 0.05) is 12.1 Å². The van der Waals surface area contributed by atoms with Gasteiger partial charge in [0.1, 0.15) is 18.2 Å². The SMILES string of the molecule is O=C([C@H]1C[C@H]1c1ccccc1F)N(CC(F)(F)F)c1ccccn1. The minimum Gasteiger partial charge on any atom is -0.287 e. The Bertz CT molecular complexity index is 733. The fourth-order valence-corrected chi connectivity index (χ4v) is 2.75. The Morgan fingerprint density at radius 3 is 2.50 bits per heavy atom. The Kier molecular flexibility index (Phi) is 4.26. The predicted molar refractivity (Wildman–Crippen MR) is 79.9 cm³/mol. The van der Waals surface area contributed by atoms with Gasteiger partial charge in [-0.2, -0.15) is 13.2 Å². The summed E-state index contributed by atoms with van der Waals surface area (Å²) in [6.07, 6.45) is -2.89. The maximum Gasteiger partial charge on any atom is 0.406 e. The number of nitrogens with zero attached hydrogens (tertiary/aromatic N) is 2. The number of amides is 1. The average Bonchev–Trinajstić information content (AvgIpc) is 3.33. The van der Waals surface area contributed by atoms with Crippen LogP contribution in [-0.4, -0.2) is 23.6 Å². The van der Waals surface area contributed by atoms with Crippen LogP contribution in [0.25, 0.3) is 0 Å². The fourth-order valence-electron chi connectivity index (χ4n) is 2.75. The number of rotatable bonds is 4. The van der Waals surface area contributed by atoms with E-state index in [1.54, 1.807) is 18.2 Å². The van der Waals surface area contributed by atoms with Gasteiger partial charge in [-0.05, 0) is 36.1 Å². The zero-order valence-electron chi connectivity index (χ0n) is 12.5. The topological polar surface area (TPSA) is 33.2 Å². The Morgan fingerprint density at radius 2 is 1.88 bits per heavy atom. The van der Waals surface area contributed by atoms with Crippen LogP contribution in [0.1, 0.15) is 17.9 Å². The number of aromatic nitrogens is 1. The largest absolute Gasteiger partial charge is 0.406 e. The fraction of sp³-hybridized carbons (Fsp3) is 0.294. The van der Waals surface area contributed by atoms with Crippen LogP contribution in [0.4, 0.5) is 23.4 Å². The van der Waals surface area contributed by atoms with Gasteiger partial charge in [0.25, 0.3) is 0 Å². The molecule has 24 heavy (non-hydrogen) atoms. The van der Waals surface area contributed by atoms with Gasteiger partial charge < -0.3 is 0 Å². The van der Waals surface area contributed by atoms with Crippen molar-refractivity contribution in [2.24, 2.45) is 5.92 Å². The van der Waals surface area contributed by atoms with Crippen molar-refractivity contribution in [3.8, 4) is 0 Å². The third-order valence-electron chi connectivity index (χ3n) is 3.94. The van der Waals surface area contributed by atoms with Crippen LogP contribution in [0.5, 0.6) is 0 Å². The second-order valence-corrected chi connectivity index (χ2v) is 5.70. The predicted octanol–water partition coefficient (Wildman–Crippen LogP) is 3.92. The van der Waals surface area contributed by atoms with E-state index in [1.807, 2.05) is 0 Å². The molecule has 0 spiro atoms. The third kappa shape index (κ3) is 3.55. The van der Waals surface area contributed by atoms with Crippen molar-refractivity contribution in [2.75, 3.05) is 11.4 Å². The highest BCUT2D eigenvalue weighted by Crippen LogP contribution is 2.49. The quantitative estimate of drug-likeness (QED) is 0.792. The first-order valence-electron chi connectivity index (χ1n) is 7.40. The Hall–Kier alpha value is -2.44. The summed E-state index contributed by atoms with van der Waals surface area (Å²) in [7, 11) is 0. The van der Waals surface area contributed by atoms with Gasteiger partial charge in [-0.3, -0.25) is 9.69 Å². The number of pyridine rings is 1. The number of carbonyl (C=O) groups excluding carboxylic acids is 1. The minimum atomic E-state index is -4.55. The molecule has 1 fully saturated rings. The van der Waals surface area contributed by atoms with Gasteiger partial charge in [0.15, 0.2) is 0 Å². The highest BCUT2D eigenvalue weighted by atomic mass is 19.4. The number of carbonyl (C=O) groups is 1. The van der Waals surface area contributed by atoms with Crippen molar-refractivity contribution < 1.29 is 22.4 Å². The molecule has 0 bridgehead atoms. The molecule has 1 aromatic carbocycles. The highest BCUT2D eigenvalue weighted by Gasteiger charge is 2.49. The summed E-state index contributed by atoms with van der Waals surface area (Å²) in [5, 5.41) is 0. The molecule has 7 heteroatoms. The molecule has 1 amide bonds. The molecule has 0 aliphatic heterocycles. The van der Waals surface area contributed by atoms with E-state index in [9.17, 15) is 22.4 Å². The second-order valence-electron chi connectivity index (χ2n) is 5.70. The number of alkyl halides is 3. The van der Waals surface area contributed by atoms with E-state index in [4.69, 9.17) is 0 Å². The molecule has 0 saturated heterocycles. The maximum absolute atomic E-state index is 13.8. The van der Waals surface area contributed by atoms with Crippen molar-refractivity contribution in [3.05, 3.63) is 60.0 Å². The smallest absolute Gasteiger partial charge is 0.287 e. The molecule has 2 atom stereocenters. The molecule has 1 saturated carbocycles. The lowest BCUT2D eigenvalue weighted by molar-refractivity contribution is -0.133. The van der Waals surface area contributed by atoms with Crippen molar-refractivity contribution in [3.63, 3.8) is 0 Å². The molecule has 1 aliphatic carbocycles. The van der Waals surface area contributed by atoms with Crippen LogP contribution < -0.4 is 4.90 Å². The van der Waals surface area contributed by atoms with Crippen molar-refractivity contribution in [1.29, 1.82) is 0 Å². The van der Waals surface area contributed by atoms with Gasteiger partial charge in [-0.15, -0.1) is 0 Å². The first-order valence-corrected chi connectivity index (χ1v) is 7.40. The van der Waals surface area contributed by atoms with Crippen molar-refractivity contribution in [1.82, 2.24) is 4.98 Å². The van der Waals surface area contributed by atoms with Crippen LogP contribution in [0.15, 0.2) is 48.7 Å². The summed E-state index contributed by atoms with van der Waals surface area (Å²) >= 11 is 0. The molecule has 1 aliphatic rings. The summed E-state index contributed by atoms with van der Waals surface area (Å²) in [5.41, 5.74) is 0.365. The molecule has 1 heterocycles. The van der Waals surface area contributed by atoms with Gasteiger partial charge >= 0.3 is 6.18 Å². The Morgan fingerprint density at radius 1 is 1.17 bits per heavy atom.